The third-order valence-electron chi connectivity index (χ3n) is 1.26. The first kappa shape index (κ1) is 22.3. The van der Waals surface area contributed by atoms with Crippen molar-refractivity contribution in [2.45, 2.75) is 13.8 Å². The molecule has 0 aromatic heterocycles. The molecule has 3 N–H and O–H groups in total. The molecule has 0 aromatic rings. The maximum atomic E-state index is 9.25. The molecule has 0 amide bonds. The van der Waals surface area contributed by atoms with Gasteiger partial charge in [0.1, 0.15) is 0 Å². The highest BCUT2D eigenvalue weighted by Gasteiger charge is 1.73. The Morgan fingerprint density at radius 1 is 0.947 bits per heavy atom. The Morgan fingerprint density at radius 3 is 1.42 bits per heavy atom. The molecule has 0 unspecified atom stereocenters. The molecule has 0 aliphatic carbocycles. The molecular formula is C15H24O4. The molecule has 4 nitrogen and oxygen atoms in total. The lowest BCUT2D eigenvalue weighted by Gasteiger charge is -1.70. The molecule has 0 aliphatic rings. The van der Waals surface area contributed by atoms with E-state index in [1.165, 1.54) is 0 Å². The van der Waals surface area contributed by atoms with Crippen LogP contribution in [0.15, 0.2) is 61.3 Å². The van der Waals surface area contributed by atoms with Crippen molar-refractivity contribution in [1.82, 2.24) is 0 Å². The van der Waals surface area contributed by atoms with Crippen LogP contribution in [0.5, 0.6) is 0 Å². The molecule has 0 fully saturated rings. The first-order valence-corrected chi connectivity index (χ1v) is 5.73. The van der Waals surface area contributed by atoms with Crippen LogP contribution in [0.4, 0.5) is 0 Å². The van der Waals surface area contributed by atoms with Gasteiger partial charge in [0.25, 0.3) is 0 Å². The van der Waals surface area contributed by atoms with E-state index in [-0.39, 0.29) is 13.2 Å². The lowest BCUT2D eigenvalue weighted by atomic mass is 10.4. The second-order valence-corrected chi connectivity index (χ2v) is 2.82. The second-order valence-electron chi connectivity index (χ2n) is 2.82. The van der Waals surface area contributed by atoms with Crippen LogP contribution in [0.2, 0.25) is 0 Å². The van der Waals surface area contributed by atoms with Gasteiger partial charge in [0.2, 0.25) is 0 Å². The van der Waals surface area contributed by atoms with E-state index in [1.807, 2.05) is 38.2 Å². The molecule has 0 rings (SSSR count). The van der Waals surface area contributed by atoms with Crippen LogP contribution in [-0.4, -0.2) is 34.5 Å². The van der Waals surface area contributed by atoms with Gasteiger partial charge in [-0.2, -0.15) is 0 Å². The van der Waals surface area contributed by atoms with Gasteiger partial charge < -0.3 is 15.3 Å². The van der Waals surface area contributed by atoms with Crippen LogP contribution in [-0.2, 0) is 4.79 Å². The van der Waals surface area contributed by atoms with Crippen molar-refractivity contribution in [2.75, 3.05) is 13.2 Å². The van der Waals surface area contributed by atoms with Crippen LogP contribution >= 0.6 is 0 Å². The molecule has 0 heterocycles. The number of aliphatic hydroxyl groups is 2. The summed E-state index contributed by atoms with van der Waals surface area (Å²) >= 11 is 0. The topological polar surface area (TPSA) is 77.8 Å². The predicted molar refractivity (Wildman–Crippen MR) is 79.9 cm³/mol. The summed E-state index contributed by atoms with van der Waals surface area (Å²) in [6.45, 7) is 7.08. The van der Waals surface area contributed by atoms with Crippen LogP contribution < -0.4 is 0 Å². The van der Waals surface area contributed by atoms with Gasteiger partial charge in [-0.1, -0.05) is 55.2 Å². The highest BCUT2D eigenvalue weighted by atomic mass is 16.4. The Morgan fingerprint density at radius 2 is 1.26 bits per heavy atom. The maximum absolute atomic E-state index is 9.25. The van der Waals surface area contributed by atoms with Gasteiger partial charge in [0.15, 0.2) is 0 Å². The minimum Gasteiger partial charge on any atom is -0.478 e. The Hall–Kier alpha value is -1.91. The summed E-state index contributed by atoms with van der Waals surface area (Å²) in [6.07, 6.45) is 15.4. The molecule has 0 spiro atoms. The lowest BCUT2D eigenvalue weighted by Crippen LogP contribution is -1.82. The summed E-state index contributed by atoms with van der Waals surface area (Å²) in [5, 5.41) is 23.9. The first-order chi connectivity index (χ1) is 9.10. The summed E-state index contributed by atoms with van der Waals surface area (Å²) in [6, 6.07) is 0. The molecule has 0 saturated heterocycles. The smallest absolute Gasteiger partial charge is 0.327 e. The maximum Gasteiger partial charge on any atom is 0.327 e. The van der Waals surface area contributed by atoms with E-state index in [0.717, 1.165) is 6.08 Å². The number of carboxylic acids is 1. The van der Waals surface area contributed by atoms with Gasteiger partial charge in [0, 0.05) is 6.08 Å². The minimum atomic E-state index is -0.981. The van der Waals surface area contributed by atoms with E-state index in [1.54, 1.807) is 24.3 Å². The van der Waals surface area contributed by atoms with E-state index in [4.69, 9.17) is 15.3 Å². The lowest BCUT2D eigenvalue weighted by molar-refractivity contribution is -0.131. The Balaban J connectivity index is -0.000000206. The van der Waals surface area contributed by atoms with E-state index in [0.29, 0.717) is 0 Å². The number of allylic oxidation sites excluding steroid dienone is 6. The summed E-state index contributed by atoms with van der Waals surface area (Å²) in [7, 11) is 0. The zero-order valence-corrected chi connectivity index (χ0v) is 11.6. The van der Waals surface area contributed by atoms with E-state index >= 15 is 0 Å². The van der Waals surface area contributed by atoms with Crippen molar-refractivity contribution in [3.05, 3.63) is 61.3 Å². The fourth-order valence-corrected chi connectivity index (χ4v) is 0.501. The van der Waals surface area contributed by atoms with E-state index < -0.39 is 5.97 Å². The molecule has 19 heavy (non-hydrogen) atoms. The summed E-state index contributed by atoms with van der Waals surface area (Å²) in [4.78, 5) is 9.25. The molecule has 0 aromatic carbocycles. The minimum absolute atomic E-state index is 0.129. The van der Waals surface area contributed by atoms with Crippen molar-refractivity contribution in [2.24, 2.45) is 0 Å². The van der Waals surface area contributed by atoms with Gasteiger partial charge >= 0.3 is 5.97 Å². The number of aliphatic carboxylic acids is 1. The largest absolute Gasteiger partial charge is 0.478 e. The van der Waals surface area contributed by atoms with Gasteiger partial charge in [0.05, 0.1) is 13.2 Å². The second kappa shape index (κ2) is 25.1. The Kier molecular flexibility index (Phi) is 29.4. The molecular weight excluding hydrogens is 244 g/mol. The van der Waals surface area contributed by atoms with Gasteiger partial charge in [-0.05, 0) is 13.8 Å². The molecule has 108 valence electrons. The number of hydrogen-bond donors (Lipinski definition) is 3. The van der Waals surface area contributed by atoms with Crippen LogP contribution in [0, 0.1) is 0 Å². The number of aliphatic hydroxyl groups excluding tert-OH is 2. The average Bonchev–Trinajstić information content (AvgIpc) is 2.41. The number of hydrogen-bond acceptors (Lipinski definition) is 3. The van der Waals surface area contributed by atoms with Gasteiger partial charge in [-0.25, -0.2) is 4.79 Å². The van der Waals surface area contributed by atoms with Crippen LogP contribution in [0.3, 0.4) is 0 Å². The zero-order chi connectivity index (χ0) is 15.4. The summed E-state index contributed by atoms with van der Waals surface area (Å²) in [5.74, 6) is -0.981. The van der Waals surface area contributed by atoms with Crippen molar-refractivity contribution in [3.8, 4) is 0 Å². The molecule has 4 heteroatoms. The Bertz CT molecular complexity index is 277. The highest BCUT2D eigenvalue weighted by molar-refractivity contribution is 5.78. The zero-order valence-electron chi connectivity index (χ0n) is 11.6. The quantitative estimate of drug-likeness (QED) is 0.529. The van der Waals surface area contributed by atoms with Crippen molar-refractivity contribution >= 4 is 5.97 Å². The van der Waals surface area contributed by atoms with Crippen molar-refractivity contribution in [1.29, 1.82) is 0 Å². The number of carboxylic acid groups (broad SMARTS) is 1. The van der Waals surface area contributed by atoms with E-state index in [2.05, 4.69) is 6.58 Å². The van der Waals surface area contributed by atoms with E-state index in [9.17, 15) is 4.79 Å². The van der Waals surface area contributed by atoms with Crippen LogP contribution in [0.1, 0.15) is 13.8 Å². The fraction of sp³-hybridized carbons (Fsp3) is 0.267. The third kappa shape index (κ3) is 48.8. The highest BCUT2D eigenvalue weighted by Crippen LogP contribution is 1.73. The SMILES string of the molecule is C/C=C/C=C/CO.C/C=C/C=C/CO.C=CC(=O)O. The normalized spacial score (nSPS) is 10.3. The first-order valence-electron chi connectivity index (χ1n) is 5.73. The van der Waals surface area contributed by atoms with Crippen molar-refractivity contribution in [3.63, 3.8) is 0 Å². The summed E-state index contributed by atoms with van der Waals surface area (Å²) < 4.78 is 0. The standard InChI is InChI=1S/2C6H10O.C3H4O2/c2*1-2-3-4-5-6-7;1-2-3(4)5/h2*2-5,7H,6H2,1H3;2H,1H2,(H,4,5)/b2*3-2+,5-4+;. The number of carbonyl (C=O) groups is 1. The summed E-state index contributed by atoms with van der Waals surface area (Å²) in [5.41, 5.74) is 0. The molecule has 0 radical (unpaired) electrons. The van der Waals surface area contributed by atoms with Crippen molar-refractivity contribution < 1.29 is 20.1 Å². The fourth-order valence-electron chi connectivity index (χ4n) is 0.501. The molecule has 0 aliphatic heterocycles. The van der Waals surface area contributed by atoms with Crippen LogP contribution in [0.25, 0.3) is 0 Å². The third-order valence-corrected chi connectivity index (χ3v) is 1.26. The Labute approximate surface area is 115 Å². The molecule has 0 saturated carbocycles. The molecule has 0 bridgehead atoms. The number of rotatable bonds is 5. The van der Waals surface area contributed by atoms with Gasteiger partial charge in [-0.3, -0.25) is 0 Å². The molecule has 0 atom stereocenters. The van der Waals surface area contributed by atoms with Gasteiger partial charge in [-0.15, -0.1) is 0 Å². The average molecular weight is 268 g/mol. The predicted octanol–water partition coefficient (Wildman–Crippen LogP) is 2.48. The monoisotopic (exact) mass is 268 g/mol.